The highest BCUT2D eigenvalue weighted by molar-refractivity contribution is 5.81. The molecule has 6 heteroatoms. The molecule has 3 unspecified atom stereocenters. The Labute approximate surface area is 144 Å². The first-order valence-electron chi connectivity index (χ1n) is 9.08. The van der Waals surface area contributed by atoms with Crippen molar-refractivity contribution < 1.29 is 4.79 Å². The summed E-state index contributed by atoms with van der Waals surface area (Å²) in [5.74, 6) is 0.925. The molecule has 3 atom stereocenters. The highest BCUT2D eigenvalue weighted by Crippen LogP contribution is 2.29. The maximum Gasteiger partial charge on any atom is 0.242 e. The lowest BCUT2D eigenvalue weighted by atomic mass is 10.0. The molecular formula is C18H29N5O. The maximum absolute atomic E-state index is 12.7. The molecule has 2 aliphatic heterocycles. The summed E-state index contributed by atoms with van der Waals surface area (Å²) in [6, 6.07) is 1.79. The van der Waals surface area contributed by atoms with Gasteiger partial charge in [-0.15, -0.1) is 0 Å². The van der Waals surface area contributed by atoms with Crippen LogP contribution in [0.2, 0.25) is 0 Å². The van der Waals surface area contributed by atoms with Crippen molar-refractivity contribution in [1.82, 2.24) is 19.8 Å². The molecule has 3 rings (SSSR count). The summed E-state index contributed by atoms with van der Waals surface area (Å²) in [5.41, 5.74) is 0. The number of hydrogen-bond acceptors (Lipinski definition) is 5. The Kier molecular flexibility index (Phi) is 5.33. The van der Waals surface area contributed by atoms with Crippen LogP contribution in [0.5, 0.6) is 0 Å². The molecule has 0 radical (unpaired) electrons. The minimum absolute atomic E-state index is 0.187. The number of piperidine rings is 1. The zero-order chi connectivity index (χ0) is 17.1. The van der Waals surface area contributed by atoms with E-state index in [-0.39, 0.29) is 5.91 Å². The van der Waals surface area contributed by atoms with Crippen LogP contribution in [0.15, 0.2) is 18.6 Å². The second kappa shape index (κ2) is 7.47. The van der Waals surface area contributed by atoms with E-state index in [1.54, 1.807) is 18.6 Å². The molecule has 0 aliphatic carbocycles. The predicted molar refractivity (Wildman–Crippen MR) is 94.9 cm³/mol. The monoisotopic (exact) mass is 331 g/mol. The minimum Gasteiger partial charge on any atom is -0.349 e. The van der Waals surface area contributed by atoms with Crippen molar-refractivity contribution in [2.45, 2.75) is 57.7 Å². The van der Waals surface area contributed by atoms with E-state index in [1.807, 2.05) is 16.8 Å². The van der Waals surface area contributed by atoms with Crippen molar-refractivity contribution in [2.24, 2.45) is 0 Å². The van der Waals surface area contributed by atoms with E-state index in [0.717, 1.165) is 25.3 Å². The maximum atomic E-state index is 12.7. The number of hydrogen-bond donors (Lipinski definition) is 0. The Balaban J connectivity index is 1.59. The summed E-state index contributed by atoms with van der Waals surface area (Å²) >= 11 is 0. The largest absolute Gasteiger partial charge is 0.349 e. The Morgan fingerprint density at radius 2 is 2.00 bits per heavy atom. The smallest absolute Gasteiger partial charge is 0.242 e. The van der Waals surface area contributed by atoms with Crippen LogP contribution in [0.1, 0.15) is 39.5 Å². The fraction of sp³-hybridized carbons (Fsp3) is 0.722. The van der Waals surface area contributed by atoms with Gasteiger partial charge in [-0.05, 0) is 39.5 Å². The SMILES string of the molecule is CC1CCC(C)N1C1CCCN(C(=O)CN(C)c2cnccn2)C1. The fourth-order valence-electron chi connectivity index (χ4n) is 4.23. The minimum atomic E-state index is 0.187. The number of likely N-dealkylation sites (N-methyl/N-ethyl adjacent to an activating group) is 1. The van der Waals surface area contributed by atoms with Crippen LogP contribution in [-0.2, 0) is 4.79 Å². The lowest BCUT2D eigenvalue weighted by Gasteiger charge is -2.41. The van der Waals surface area contributed by atoms with E-state index in [4.69, 9.17) is 0 Å². The van der Waals surface area contributed by atoms with Gasteiger partial charge in [0.1, 0.15) is 5.82 Å². The number of carbonyl (C=O) groups excluding carboxylic acids is 1. The van der Waals surface area contributed by atoms with Gasteiger partial charge >= 0.3 is 0 Å². The molecule has 1 amide bonds. The molecule has 24 heavy (non-hydrogen) atoms. The lowest BCUT2D eigenvalue weighted by Crippen LogP contribution is -2.53. The van der Waals surface area contributed by atoms with Crippen LogP contribution < -0.4 is 4.90 Å². The Bertz CT molecular complexity index is 542. The summed E-state index contributed by atoms with van der Waals surface area (Å²) in [5, 5.41) is 0. The van der Waals surface area contributed by atoms with Gasteiger partial charge in [0, 0.05) is 50.7 Å². The number of anilines is 1. The second-order valence-electron chi connectivity index (χ2n) is 7.28. The van der Waals surface area contributed by atoms with Crippen LogP contribution in [0.25, 0.3) is 0 Å². The molecule has 2 aliphatic rings. The molecule has 2 fully saturated rings. The Hall–Kier alpha value is -1.69. The molecule has 1 aromatic rings. The third-order valence-corrected chi connectivity index (χ3v) is 5.50. The van der Waals surface area contributed by atoms with Crippen molar-refractivity contribution in [1.29, 1.82) is 0 Å². The number of amides is 1. The van der Waals surface area contributed by atoms with Gasteiger partial charge in [0.2, 0.25) is 5.91 Å². The molecule has 132 valence electrons. The molecule has 0 saturated carbocycles. The summed E-state index contributed by atoms with van der Waals surface area (Å²) in [6.45, 7) is 6.75. The summed E-state index contributed by atoms with van der Waals surface area (Å²) in [4.78, 5) is 27.6. The van der Waals surface area contributed by atoms with Crippen LogP contribution in [0, 0.1) is 0 Å². The van der Waals surface area contributed by atoms with E-state index < -0.39 is 0 Å². The molecule has 0 bridgehead atoms. The third kappa shape index (κ3) is 3.69. The molecule has 6 nitrogen and oxygen atoms in total. The van der Waals surface area contributed by atoms with Crippen molar-refractivity contribution in [3.05, 3.63) is 18.6 Å². The number of rotatable bonds is 4. The van der Waals surface area contributed by atoms with Crippen LogP contribution in [-0.4, -0.2) is 70.5 Å². The molecule has 0 aromatic carbocycles. The summed E-state index contributed by atoms with van der Waals surface area (Å²) < 4.78 is 0. The van der Waals surface area contributed by atoms with Crippen molar-refractivity contribution in [2.75, 3.05) is 31.6 Å². The molecule has 0 N–H and O–H groups in total. The number of nitrogens with zero attached hydrogens (tertiary/aromatic N) is 5. The van der Waals surface area contributed by atoms with Gasteiger partial charge in [0.05, 0.1) is 12.7 Å². The summed E-state index contributed by atoms with van der Waals surface area (Å²) in [6.07, 6.45) is 9.86. The number of aromatic nitrogens is 2. The van der Waals surface area contributed by atoms with Gasteiger partial charge in [0.25, 0.3) is 0 Å². The van der Waals surface area contributed by atoms with Crippen LogP contribution >= 0.6 is 0 Å². The van der Waals surface area contributed by atoms with Gasteiger partial charge in [-0.25, -0.2) is 4.98 Å². The normalized spacial score (nSPS) is 28.1. The van der Waals surface area contributed by atoms with E-state index in [0.29, 0.717) is 24.7 Å². The van der Waals surface area contributed by atoms with Gasteiger partial charge in [-0.2, -0.15) is 0 Å². The Morgan fingerprint density at radius 1 is 1.25 bits per heavy atom. The highest BCUT2D eigenvalue weighted by atomic mass is 16.2. The van der Waals surface area contributed by atoms with E-state index in [1.165, 1.54) is 19.3 Å². The first-order valence-corrected chi connectivity index (χ1v) is 9.08. The van der Waals surface area contributed by atoms with E-state index in [9.17, 15) is 4.79 Å². The second-order valence-corrected chi connectivity index (χ2v) is 7.28. The topological polar surface area (TPSA) is 52.6 Å². The van der Waals surface area contributed by atoms with Crippen LogP contribution in [0.3, 0.4) is 0 Å². The van der Waals surface area contributed by atoms with Gasteiger partial charge in [0.15, 0.2) is 0 Å². The van der Waals surface area contributed by atoms with Crippen molar-refractivity contribution in [3.8, 4) is 0 Å². The van der Waals surface area contributed by atoms with Crippen LogP contribution in [0.4, 0.5) is 5.82 Å². The Morgan fingerprint density at radius 3 is 2.67 bits per heavy atom. The molecule has 2 saturated heterocycles. The average Bonchev–Trinajstić information content (AvgIpc) is 2.94. The quantitative estimate of drug-likeness (QED) is 0.842. The zero-order valence-corrected chi connectivity index (χ0v) is 15.1. The first-order chi connectivity index (χ1) is 11.6. The van der Waals surface area contributed by atoms with E-state index in [2.05, 4.69) is 28.7 Å². The molecule has 0 spiro atoms. The predicted octanol–water partition coefficient (Wildman–Crippen LogP) is 1.78. The zero-order valence-electron chi connectivity index (χ0n) is 15.1. The highest BCUT2D eigenvalue weighted by Gasteiger charge is 2.36. The average molecular weight is 331 g/mol. The molecular weight excluding hydrogens is 302 g/mol. The molecule has 3 heterocycles. The van der Waals surface area contributed by atoms with Gasteiger partial charge in [-0.1, -0.05) is 0 Å². The lowest BCUT2D eigenvalue weighted by molar-refractivity contribution is -0.132. The van der Waals surface area contributed by atoms with Crippen molar-refractivity contribution in [3.63, 3.8) is 0 Å². The number of carbonyl (C=O) groups is 1. The summed E-state index contributed by atoms with van der Waals surface area (Å²) in [7, 11) is 1.90. The first kappa shape index (κ1) is 17.1. The molecule has 1 aromatic heterocycles. The third-order valence-electron chi connectivity index (χ3n) is 5.50. The van der Waals surface area contributed by atoms with E-state index >= 15 is 0 Å². The van der Waals surface area contributed by atoms with Gasteiger partial charge in [-0.3, -0.25) is 14.7 Å². The number of likely N-dealkylation sites (tertiary alicyclic amines) is 2. The fourth-order valence-corrected chi connectivity index (χ4v) is 4.23. The standard InChI is InChI=1S/C18H29N5O/c1-14-6-7-15(2)23(14)16-5-4-10-22(12-16)18(24)13-21(3)17-11-19-8-9-20-17/h8-9,11,14-16H,4-7,10,12-13H2,1-3H3. The van der Waals surface area contributed by atoms with Gasteiger partial charge < -0.3 is 9.80 Å². The van der Waals surface area contributed by atoms with Crippen molar-refractivity contribution >= 4 is 11.7 Å².